The molecule has 4 nitrogen and oxygen atoms in total. The molecule has 0 fully saturated rings. The highest BCUT2D eigenvalue weighted by Crippen LogP contribution is 2.10. The topological polar surface area (TPSA) is 53.6 Å². The van der Waals surface area contributed by atoms with E-state index in [1.807, 2.05) is 30.6 Å². The number of benzene rings is 1. The minimum atomic E-state index is 0.647. The minimum absolute atomic E-state index is 0.647. The summed E-state index contributed by atoms with van der Waals surface area (Å²) in [5, 5.41) is 16.5. The van der Waals surface area contributed by atoms with Gasteiger partial charge in [-0.3, -0.25) is 0 Å². The lowest BCUT2D eigenvalue weighted by atomic mass is 10.2. The summed E-state index contributed by atoms with van der Waals surface area (Å²) >= 11 is 0. The van der Waals surface area contributed by atoms with Gasteiger partial charge in [-0.25, -0.2) is 4.68 Å². The van der Waals surface area contributed by atoms with Crippen molar-refractivity contribution in [2.24, 2.45) is 0 Å². The van der Waals surface area contributed by atoms with Crippen LogP contribution in [0.5, 0.6) is 0 Å². The Morgan fingerprint density at radius 1 is 1.44 bits per heavy atom. The molecule has 0 aliphatic carbocycles. The van der Waals surface area contributed by atoms with Crippen LogP contribution in [0.25, 0.3) is 5.69 Å². The molecule has 1 N–H and O–H groups in total. The highest BCUT2D eigenvalue weighted by atomic mass is 15.3. The van der Waals surface area contributed by atoms with Crippen molar-refractivity contribution in [2.75, 3.05) is 6.54 Å². The van der Waals surface area contributed by atoms with Gasteiger partial charge in [0.15, 0.2) is 0 Å². The number of nitriles is 1. The van der Waals surface area contributed by atoms with Crippen molar-refractivity contribution in [3.8, 4) is 11.8 Å². The second-order valence-electron chi connectivity index (χ2n) is 4.13. The largest absolute Gasteiger partial charge is 0.313 e. The van der Waals surface area contributed by atoms with Crippen LogP contribution in [0, 0.1) is 11.3 Å². The van der Waals surface area contributed by atoms with E-state index in [1.165, 1.54) is 0 Å². The Kier molecular flexibility index (Phi) is 4.11. The van der Waals surface area contributed by atoms with Crippen LogP contribution in [-0.4, -0.2) is 16.3 Å². The van der Waals surface area contributed by atoms with Gasteiger partial charge in [0.25, 0.3) is 0 Å². The summed E-state index contributed by atoms with van der Waals surface area (Å²) in [5.41, 5.74) is 2.70. The van der Waals surface area contributed by atoms with E-state index in [9.17, 15) is 0 Å². The zero-order valence-electron chi connectivity index (χ0n) is 10.4. The lowest BCUT2D eigenvalue weighted by Crippen LogP contribution is -2.13. The van der Waals surface area contributed by atoms with Gasteiger partial charge in [-0.2, -0.15) is 10.4 Å². The van der Waals surface area contributed by atoms with Gasteiger partial charge in [0.05, 0.1) is 23.5 Å². The third-order valence-corrected chi connectivity index (χ3v) is 2.63. The van der Waals surface area contributed by atoms with Gasteiger partial charge in [0, 0.05) is 18.3 Å². The third kappa shape index (κ3) is 2.96. The summed E-state index contributed by atoms with van der Waals surface area (Å²) in [6, 6.07) is 9.56. The maximum atomic E-state index is 8.87. The van der Waals surface area contributed by atoms with Gasteiger partial charge < -0.3 is 5.32 Å². The Balaban J connectivity index is 2.11. The number of rotatable bonds is 5. The van der Waals surface area contributed by atoms with Gasteiger partial charge in [0.2, 0.25) is 0 Å². The van der Waals surface area contributed by atoms with Crippen molar-refractivity contribution < 1.29 is 0 Å². The molecule has 0 saturated carbocycles. The lowest BCUT2D eigenvalue weighted by molar-refractivity contribution is 0.675. The van der Waals surface area contributed by atoms with Crippen molar-refractivity contribution in [3.63, 3.8) is 0 Å². The van der Waals surface area contributed by atoms with Crippen LogP contribution in [0.3, 0.4) is 0 Å². The molecule has 0 atom stereocenters. The van der Waals surface area contributed by atoms with E-state index in [0.717, 1.165) is 30.8 Å². The summed E-state index contributed by atoms with van der Waals surface area (Å²) in [6.07, 6.45) is 4.96. The van der Waals surface area contributed by atoms with Crippen LogP contribution in [0.4, 0.5) is 0 Å². The zero-order valence-corrected chi connectivity index (χ0v) is 10.4. The van der Waals surface area contributed by atoms with E-state index >= 15 is 0 Å². The number of nitrogens with one attached hydrogen (secondary N) is 1. The van der Waals surface area contributed by atoms with Crippen molar-refractivity contribution in [2.45, 2.75) is 19.9 Å². The van der Waals surface area contributed by atoms with E-state index in [0.29, 0.717) is 5.56 Å². The van der Waals surface area contributed by atoms with E-state index in [1.54, 1.807) is 10.7 Å². The molecule has 0 aliphatic heterocycles. The smallest absolute Gasteiger partial charge is 0.0992 e. The molecule has 0 radical (unpaired) electrons. The van der Waals surface area contributed by atoms with Crippen molar-refractivity contribution >= 4 is 0 Å². The molecule has 0 spiro atoms. The molecule has 1 heterocycles. The van der Waals surface area contributed by atoms with Crippen LogP contribution < -0.4 is 5.32 Å². The predicted octanol–water partition coefficient (Wildman–Crippen LogP) is 2.24. The van der Waals surface area contributed by atoms with Gasteiger partial charge in [-0.15, -0.1) is 0 Å². The molecule has 0 saturated heterocycles. The molecule has 0 aliphatic rings. The van der Waals surface area contributed by atoms with Gasteiger partial charge in [-0.1, -0.05) is 13.0 Å². The van der Waals surface area contributed by atoms with E-state index in [2.05, 4.69) is 23.4 Å². The predicted molar refractivity (Wildman–Crippen MR) is 70.3 cm³/mol. The van der Waals surface area contributed by atoms with Crippen LogP contribution in [0.15, 0.2) is 36.7 Å². The van der Waals surface area contributed by atoms with Gasteiger partial charge in [0.1, 0.15) is 0 Å². The molecule has 0 unspecified atom stereocenters. The van der Waals surface area contributed by atoms with Gasteiger partial charge in [-0.05, 0) is 31.2 Å². The first kappa shape index (κ1) is 12.3. The fourth-order valence-electron chi connectivity index (χ4n) is 1.72. The molecule has 18 heavy (non-hydrogen) atoms. The number of nitrogens with zero attached hydrogens (tertiary/aromatic N) is 3. The second-order valence-corrected chi connectivity index (χ2v) is 4.13. The van der Waals surface area contributed by atoms with E-state index in [4.69, 9.17) is 5.26 Å². The molecule has 92 valence electrons. The van der Waals surface area contributed by atoms with Crippen LogP contribution in [-0.2, 0) is 6.54 Å². The maximum absolute atomic E-state index is 8.87. The Bertz CT molecular complexity index is 551. The summed E-state index contributed by atoms with van der Waals surface area (Å²) in [6.45, 7) is 3.98. The third-order valence-electron chi connectivity index (χ3n) is 2.63. The summed E-state index contributed by atoms with van der Waals surface area (Å²) < 4.78 is 1.80. The van der Waals surface area contributed by atoms with Gasteiger partial charge >= 0.3 is 0 Å². The molecule has 0 amide bonds. The first-order chi connectivity index (χ1) is 8.83. The average molecular weight is 240 g/mol. The Hall–Kier alpha value is -2.12. The Morgan fingerprint density at radius 2 is 2.33 bits per heavy atom. The summed E-state index contributed by atoms with van der Waals surface area (Å²) in [4.78, 5) is 0. The fraction of sp³-hybridized carbons (Fsp3) is 0.286. The quantitative estimate of drug-likeness (QED) is 0.815. The number of hydrogen-bond acceptors (Lipinski definition) is 3. The van der Waals surface area contributed by atoms with Crippen molar-refractivity contribution in [1.29, 1.82) is 5.26 Å². The molecular weight excluding hydrogens is 224 g/mol. The zero-order chi connectivity index (χ0) is 12.8. The average Bonchev–Trinajstić information content (AvgIpc) is 2.88. The van der Waals surface area contributed by atoms with Crippen molar-refractivity contribution in [3.05, 3.63) is 47.8 Å². The number of aromatic nitrogens is 2. The molecule has 0 bridgehead atoms. The Morgan fingerprint density at radius 3 is 3.11 bits per heavy atom. The molecule has 1 aromatic heterocycles. The molecule has 4 heteroatoms. The van der Waals surface area contributed by atoms with E-state index < -0.39 is 0 Å². The lowest BCUT2D eigenvalue weighted by Gasteiger charge is -2.01. The van der Waals surface area contributed by atoms with Crippen LogP contribution >= 0.6 is 0 Å². The number of hydrogen-bond donors (Lipinski definition) is 1. The molecule has 2 aromatic rings. The van der Waals surface area contributed by atoms with Crippen LogP contribution in [0.2, 0.25) is 0 Å². The van der Waals surface area contributed by atoms with E-state index in [-0.39, 0.29) is 0 Å². The molecule has 1 aromatic carbocycles. The van der Waals surface area contributed by atoms with Crippen molar-refractivity contribution in [1.82, 2.24) is 15.1 Å². The fourth-order valence-corrected chi connectivity index (χ4v) is 1.72. The SMILES string of the molecule is CCCNCc1cnn(-c2cccc(C#N)c2)c1. The summed E-state index contributed by atoms with van der Waals surface area (Å²) in [7, 11) is 0. The monoisotopic (exact) mass is 240 g/mol. The van der Waals surface area contributed by atoms with Crippen LogP contribution in [0.1, 0.15) is 24.5 Å². The maximum Gasteiger partial charge on any atom is 0.0992 e. The standard InChI is InChI=1S/C14H16N4/c1-2-6-16-9-13-10-17-18(11-13)14-5-3-4-12(7-14)8-15/h3-5,7,10-11,16H,2,6,9H2,1H3. The second kappa shape index (κ2) is 5.99. The molecular formula is C14H16N4. The highest BCUT2D eigenvalue weighted by Gasteiger charge is 2.01. The normalized spacial score (nSPS) is 10.2. The summed E-state index contributed by atoms with van der Waals surface area (Å²) in [5.74, 6) is 0. The highest BCUT2D eigenvalue weighted by molar-refractivity contribution is 5.40. The molecule has 2 rings (SSSR count). The first-order valence-electron chi connectivity index (χ1n) is 6.08. The minimum Gasteiger partial charge on any atom is -0.313 e. The first-order valence-corrected chi connectivity index (χ1v) is 6.08. The Labute approximate surface area is 107 Å².